The third kappa shape index (κ3) is 6.07. The summed E-state index contributed by atoms with van der Waals surface area (Å²) in [6.45, 7) is 4.10. The van der Waals surface area contributed by atoms with Gasteiger partial charge in [0.1, 0.15) is 18.4 Å². The van der Waals surface area contributed by atoms with Crippen LogP contribution in [0.25, 0.3) is 10.8 Å². The van der Waals surface area contributed by atoms with E-state index in [0.29, 0.717) is 12.2 Å². The van der Waals surface area contributed by atoms with Gasteiger partial charge in [-0.1, -0.05) is 74.5 Å². The molecule has 0 fully saturated rings. The summed E-state index contributed by atoms with van der Waals surface area (Å²) in [5.74, 6) is 0.131. The Morgan fingerprint density at radius 2 is 1.59 bits per heavy atom. The van der Waals surface area contributed by atoms with Gasteiger partial charge in [-0.25, -0.2) is 9.59 Å². The lowest BCUT2D eigenvalue weighted by Crippen LogP contribution is -2.44. The number of nitrogens with one attached hydrogen (secondary N) is 1. The molecule has 5 heteroatoms. The van der Waals surface area contributed by atoms with Gasteiger partial charge in [0.2, 0.25) is 0 Å². The number of amides is 1. The van der Waals surface area contributed by atoms with Gasteiger partial charge in [0.05, 0.1) is 0 Å². The van der Waals surface area contributed by atoms with E-state index >= 15 is 0 Å². The van der Waals surface area contributed by atoms with Gasteiger partial charge in [-0.05, 0) is 40.8 Å². The first-order valence-electron chi connectivity index (χ1n) is 9.69. The third-order valence-electron chi connectivity index (χ3n) is 4.44. The Balaban J connectivity index is 1.63. The van der Waals surface area contributed by atoms with Crippen LogP contribution in [-0.4, -0.2) is 18.1 Å². The molecule has 29 heavy (non-hydrogen) atoms. The lowest BCUT2D eigenvalue weighted by molar-refractivity contribution is -0.137. The first-order chi connectivity index (χ1) is 14.0. The first-order valence-corrected chi connectivity index (χ1v) is 9.69. The average Bonchev–Trinajstić information content (AvgIpc) is 2.72. The van der Waals surface area contributed by atoms with E-state index in [2.05, 4.69) is 5.32 Å². The van der Waals surface area contributed by atoms with Crippen molar-refractivity contribution in [3.63, 3.8) is 0 Å². The van der Waals surface area contributed by atoms with Crippen molar-refractivity contribution in [2.45, 2.75) is 32.9 Å². The van der Waals surface area contributed by atoms with E-state index in [1.165, 1.54) is 0 Å². The molecule has 0 spiro atoms. The summed E-state index contributed by atoms with van der Waals surface area (Å²) >= 11 is 0. The molecule has 3 aromatic carbocycles. The fourth-order valence-corrected chi connectivity index (χ4v) is 3.01. The number of alkyl carbamates (subject to hydrolysis) is 1. The van der Waals surface area contributed by atoms with Crippen LogP contribution in [0.15, 0.2) is 72.8 Å². The zero-order chi connectivity index (χ0) is 20.6. The van der Waals surface area contributed by atoms with Crippen LogP contribution in [0.4, 0.5) is 4.79 Å². The molecule has 0 aliphatic carbocycles. The van der Waals surface area contributed by atoms with Gasteiger partial charge in [-0.15, -0.1) is 0 Å². The molecule has 1 N–H and O–H groups in total. The van der Waals surface area contributed by atoms with E-state index in [-0.39, 0.29) is 12.5 Å². The summed E-state index contributed by atoms with van der Waals surface area (Å²) in [6, 6.07) is 21.9. The lowest BCUT2D eigenvalue weighted by Gasteiger charge is -2.19. The van der Waals surface area contributed by atoms with Crippen LogP contribution in [0.2, 0.25) is 0 Å². The van der Waals surface area contributed by atoms with E-state index in [1.54, 1.807) is 6.07 Å². The van der Waals surface area contributed by atoms with Crippen LogP contribution in [-0.2, 0) is 16.1 Å². The van der Waals surface area contributed by atoms with Gasteiger partial charge in [-0.2, -0.15) is 0 Å². The van der Waals surface area contributed by atoms with E-state index in [0.717, 1.165) is 16.3 Å². The van der Waals surface area contributed by atoms with Crippen LogP contribution in [0.5, 0.6) is 5.75 Å². The second-order valence-corrected chi connectivity index (χ2v) is 7.32. The number of hydrogen-bond acceptors (Lipinski definition) is 4. The number of fused-ring (bicyclic) bond motifs is 1. The summed E-state index contributed by atoms with van der Waals surface area (Å²) in [4.78, 5) is 24.9. The molecule has 0 heterocycles. The molecule has 0 saturated carbocycles. The van der Waals surface area contributed by atoms with Gasteiger partial charge >= 0.3 is 12.1 Å². The average molecular weight is 391 g/mol. The largest absolute Gasteiger partial charge is 0.445 e. The Morgan fingerprint density at radius 3 is 2.31 bits per heavy atom. The Labute approximate surface area is 170 Å². The summed E-state index contributed by atoms with van der Waals surface area (Å²) in [6.07, 6.45) is -0.192. The minimum absolute atomic E-state index is 0.140. The highest BCUT2D eigenvalue weighted by atomic mass is 16.6. The van der Waals surface area contributed by atoms with E-state index in [9.17, 15) is 9.59 Å². The molecule has 0 aliphatic rings. The maximum absolute atomic E-state index is 12.7. The third-order valence-corrected chi connectivity index (χ3v) is 4.44. The molecule has 0 unspecified atom stereocenters. The molecule has 150 valence electrons. The molecular weight excluding hydrogens is 366 g/mol. The predicted molar refractivity (Wildman–Crippen MR) is 113 cm³/mol. The molecule has 3 rings (SSSR count). The zero-order valence-electron chi connectivity index (χ0n) is 16.6. The van der Waals surface area contributed by atoms with Crippen molar-refractivity contribution < 1.29 is 19.1 Å². The number of carbonyl (C=O) groups excluding carboxylic acids is 2. The van der Waals surface area contributed by atoms with Gasteiger partial charge in [-0.3, -0.25) is 0 Å². The number of esters is 1. The molecule has 0 aromatic heterocycles. The topological polar surface area (TPSA) is 64.6 Å². The number of ether oxygens (including phenoxy) is 2. The highest BCUT2D eigenvalue weighted by Gasteiger charge is 2.24. The lowest BCUT2D eigenvalue weighted by atomic mass is 10.0. The Bertz CT molecular complexity index is 969. The number of benzene rings is 3. The molecule has 0 aliphatic heterocycles. The summed E-state index contributed by atoms with van der Waals surface area (Å²) in [7, 11) is 0. The van der Waals surface area contributed by atoms with Crippen molar-refractivity contribution in [3.8, 4) is 5.75 Å². The van der Waals surface area contributed by atoms with Crippen LogP contribution >= 0.6 is 0 Å². The van der Waals surface area contributed by atoms with Crippen LogP contribution < -0.4 is 10.1 Å². The fraction of sp³-hybridized carbons (Fsp3) is 0.250. The van der Waals surface area contributed by atoms with E-state index < -0.39 is 18.1 Å². The van der Waals surface area contributed by atoms with Crippen molar-refractivity contribution in [1.82, 2.24) is 5.32 Å². The van der Waals surface area contributed by atoms with Crippen molar-refractivity contribution in [2.24, 2.45) is 5.92 Å². The normalized spacial score (nSPS) is 11.8. The zero-order valence-corrected chi connectivity index (χ0v) is 16.6. The standard InChI is InChI=1S/C24H25NO4/c1-17(2)14-22(25-24(27)28-16-18-8-4-3-5-9-18)23(26)29-21-13-12-19-10-6-7-11-20(19)15-21/h3-13,15,17,22H,14,16H2,1-2H3,(H,25,27)/t22-/m1/s1. The molecule has 0 radical (unpaired) electrons. The maximum atomic E-state index is 12.7. The summed E-state index contributed by atoms with van der Waals surface area (Å²) < 4.78 is 10.8. The number of rotatable bonds is 7. The number of carbonyl (C=O) groups is 2. The van der Waals surface area contributed by atoms with Gasteiger partial charge in [0, 0.05) is 0 Å². The van der Waals surface area contributed by atoms with Gasteiger partial charge in [0.15, 0.2) is 0 Å². The Kier molecular flexibility index (Phi) is 6.85. The molecule has 5 nitrogen and oxygen atoms in total. The molecule has 1 amide bonds. The fourth-order valence-electron chi connectivity index (χ4n) is 3.01. The van der Waals surface area contributed by atoms with Gasteiger partial charge in [0.25, 0.3) is 0 Å². The molecule has 3 aromatic rings. The minimum Gasteiger partial charge on any atom is -0.445 e. The quantitative estimate of drug-likeness (QED) is 0.450. The second-order valence-electron chi connectivity index (χ2n) is 7.32. The van der Waals surface area contributed by atoms with Crippen LogP contribution in [0.3, 0.4) is 0 Å². The predicted octanol–water partition coefficient (Wildman–Crippen LogP) is 5.09. The highest BCUT2D eigenvalue weighted by molar-refractivity contribution is 5.86. The van der Waals surface area contributed by atoms with E-state index in [1.807, 2.05) is 80.6 Å². The summed E-state index contributed by atoms with van der Waals surface area (Å²) in [5, 5.41) is 4.68. The Hall–Kier alpha value is -3.34. The van der Waals surface area contributed by atoms with Crippen molar-refractivity contribution in [2.75, 3.05) is 0 Å². The highest BCUT2D eigenvalue weighted by Crippen LogP contribution is 2.21. The van der Waals surface area contributed by atoms with Crippen LogP contribution in [0.1, 0.15) is 25.8 Å². The minimum atomic E-state index is -0.787. The molecule has 0 bridgehead atoms. The maximum Gasteiger partial charge on any atom is 0.408 e. The monoisotopic (exact) mass is 391 g/mol. The first kappa shape index (κ1) is 20.4. The van der Waals surface area contributed by atoms with Crippen LogP contribution in [0, 0.1) is 5.92 Å². The number of hydrogen-bond donors (Lipinski definition) is 1. The Morgan fingerprint density at radius 1 is 0.897 bits per heavy atom. The molecular formula is C24H25NO4. The van der Waals surface area contributed by atoms with E-state index in [4.69, 9.17) is 9.47 Å². The van der Waals surface area contributed by atoms with Crippen molar-refractivity contribution in [3.05, 3.63) is 78.4 Å². The van der Waals surface area contributed by atoms with Crippen molar-refractivity contribution in [1.29, 1.82) is 0 Å². The smallest absolute Gasteiger partial charge is 0.408 e. The second kappa shape index (κ2) is 9.73. The molecule has 1 atom stereocenters. The SMILES string of the molecule is CC(C)C[C@@H](NC(=O)OCc1ccccc1)C(=O)Oc1ccc2ccccc2c1. The van der Waals surface area contributed by atoms with Crippen molar-refractivity contribution >= 4 is 22.8 Å². The molecule has 0 saturated heterocycles. The van der Waals surface area contributed by atoms with Gasteiger partial charge < -0.3 is 14.8 Å². The summed E-state index contributed by atoms with van der Waals surface area (Å²) in [5.41, 5.74) is 0.877.